The van der Waals surface area contributed by atoms with Crippen molar-refractivity contribution in [3.05, 3.63) is 122 Å². The SMILES string of the molecule is COc1cc(CN(Cc2ccccn2)C(=O)c2cn(C)c3ccccc3c2=O)ccc1OCCc1cccs1. The van der Waals surface area contributed by atoms with E-state index in [9.17, 15) is 9.59 Å². The smallest absolute Gasteiger partial charge is 0.260 e. The number of amides is 1. The molecule has 3 aromatic heterocycles. The van der Waals surface area contributed by atoms with Crippen LogP contribution in [0.25, 0.3) is 10.9 Å². The average molecular weight is 540 g/mol. The van der Waals surface area contributed by atoms with E-state index >= 15 is 0 Å². The number of carbonyl (C=O) groups is 1. The Morgan fingerprint density at radius 2 is 1.85 bits per heavy atom. The summed E-state index contributed by atoms with van der Waals surface area (Å²) < 4.78 is 13.4. The summed E-state index contributed by atoms with van der Waals surface area (Å²) in [6, 6.07) is 22.6. The minimum absolute atomic E-state index is 0.118. The lowest BCUT2D eigenvalue weighted by Gasteiger charge is -2.23. The van der Waals surface area contributed by atoms with E-state index in [1.54, 1.807) is 47.9 Å². The van der Waals surface area contributed by atoms with Crippen molar-refractivity contribution in [3.63, 3.8) is 0 Å². The third-order valence-corrected chi connectivity index (χ3v) is 7.42. The Labute approximate surface area is 230 Å². The Balaban J connectivity index is 1.42. The molecule has 0 atom stereocenters. The number of methoxy groups -OCH3 is 1. The van der Waals surface area contributed by atoms with E-state index < -0.39 is 0 Å². The van der Waals surface area contributed by atoms with Gasteiger partial charge in [-0.05, 0) is 53.4 Å². The lowest BCUT2D eigenvalue weighted by atomic mass is 10.1. The molecule has 5 rings (SSSR count). The number of carbonyl (C=O) groups excluding carboxylic acids is 1. The molecule has 8 heteroatoms. The molecule has 0 aliphatic carbocycles. The van der Waals surface area contributed by atoms with Gasteiger partial charge in [0.05, 0.1) is 31.5 Å². The Morgan fingerprint density at radius 1 is 1.00 bits per heavy atom. The van der Waals surface area contributed by atoms with Gasteiger partial charge in [-0.3, -0.25) is 14.6 Å². The van der Waals surface area contributed by atoms with Crippen LogP contribution in [0, 0.1) is 0 Å². The average Bonchev–Trinajstić information content (AvgIpc) is 3.49. The van der Waals surface area contributed by atoms with Gasteiger partial charge in [0, 0.05) is 42.7 Å². The fourth-order valence-electron chi connectivity index (χ4n) is 4.52. The lowest BCUT2D eigenvalue weighted by molar-refractivity contribution is 0.0726. The Kier molecular flexibility index (Phi) is 8.03. The van der Waals surface area contributed by atoms with Crippen LogP contribution in [-0.2, 0) is 26.6 Å². The second kappa shape index (κ2) is 12.0. The second-order valence-electron chi connectivity index (χ2n) is 9.15. The summed E-state index contributed by atoms with van der Waals surface area (Å²) in [4.78, 5) is 34.5. The minimum atomic E-state index is -0.359. The molecule has 5 aromatic rings. The summed E-state index contributed by atoms with van der Waals surface area (Å²) in [7, 11) is 3.44. The third kappa shape index (κ3) is 6.02. The van der Waals surface area contributed by atoms with Gasteiger partial charge < -0.3 is 18.9 Å². The lowest BCUT2D eigenvalue weighted by Crippen LogP contribution is -2.34. The molecule has 0 radical (unpaired) electrons. The molecule has 39 heavy (non-hydrogen) atoms. The summed E-state index contributed by atoms with van der Waals surface area (Å²) in [5, 5.41) is 2.56. The number of pyridine rings is 2. The van der Waals surface area contributed by atoms with Crippen molar-refractivity contribution in [1.29, 1.82) is 0 Å². The normalized spacial score (nSPS) is 10.9. The number of nitrogens with zero attached hydrogens (tertiary/aromatic N) is 3. The van der Waals surface area contributed by atoms with Crippen molar-refractivity contribution in [1.82, 2.24) is 14.5 Å². The standard InChI is InChI=1S/C31H29N3O4S/c1-33-21-26(30(35)25-10-3-4-11-27(25)33)31(36)34(20-23-8-5-6-15-32-23)19-22-12-13-28(29(18-22)37-2)38-16-14-24-9-7-17-39-24/h3-13,15,17-18,21H,14,16,19-20H2,1-2H3. The molecule has 1 amide bonds. The van der Waals surface area contributed by atoms with Crippen molar-refractivity contribution in [3.8, 4) is 11.5 Å². The fourth-order valence-corrected chi connectivity index (χ4v) is 5.21. The van der Waals surface area contributed by atoms with E-state index in [0.29, 0.717) is 23.5 Å². The number of hydrogen-bond donors (Lipinski definition) is 0. The number of rotatable bonds is 10. The first-order chi connectivity index (χ1) is 19.0. The van der Waals surface area contributed by atoms with Gasteiger partial charge in [-0.2, -0.15) is 0 Å². The van der Waals surface area contributed by atoms with E-state index in [1.165, 1.54) is 4.88 Å². The summed E-state index contributed by atoms with van der Waals surface area (Å²) in [6.07, 6.45) is 4.12. The fraction of sp³-hybridized carbons (Fsp3) is 0.194. The highest BCUT2D eigenvalue weighted by molar-refractivity contribution is 7.09. The molecular formula is C31H29N3O4S. The van der Waals surface area contributed by atoms with E-state index in [-0.39, 0.29) is 30.0 Å². The van der Waals surface area contributed by atoms with Gasteiger partial charge in [0.2, 0.25) is 5.43 Å². The molecule has 0 aliphatic rings. The van der Waals surface area contributed by atoms with Gasteiger partial charge >= 0.3 is 0 Å². The summed E-state index contributed by atoms with van der Waals surface area (Å²) in [5.41, 5.74) is 2.18. The number of hydrogen-bond acceptors (Lipinski definition) is 6. The Hall–Kier alpha value is -4.43. The minimum Gasteiger partial charge on any atom is -0.493 e. The van der Waals surface area contributed by atoms with Gasteiger partial charge in [-0.15, -0.1) is 11.3 Å². The van der Waals surface area contributed by atoms with Crippen LogP contribution in [-0.4, -0.2) is 34.1 Å². The molecule has 198 valence electrons. The van der Waals surface area contributed by atoms with Gasteiger partial charge in [0.1, 0.15) is 5.56 Å². The molecule has 3 heterocycles. The first-order valence-electron chi connectivity index (χ1n) is 12.6. The summed E-state index contributed by atoms with van der Waals surface area (Å²) in [5.74, 6) is 0.872. The summed E-state index contributed by atoms with van der Waals surface area (Å²) in [6.45, 7) is 1.04. The number of benzene rings is 2. The van der Waals surface area contributed by atoms with Crippen molar-refractivity contribution < 1.29 is 14.3 Å². The van der Waals surface area contributed by atoms with Gasteiger partial charge in [-0.25, -0.2) is 0 Å². The monoisotopic (exact) mass is 539 g/mol. The van der Waals surface area contributed by atoms with Gasteiger partial charge in [0.15, 0.2) is 11.5 Å². The van der Waals surface area contributed by atoms with Crippen molar-refractivity contribution >= 4 is 28.1 Å². The zero-order valence-corrected chi connectivity index (χ0v) is 22.7. The van der Waals surface area contributed by atoms with Crippen LogP contribution in [0.15, 0.2) is 95.4 Å². The Bertz CT molecular complexity index is 1630. The molecule has 0 saturated carbocycles. The number of aromatic nitrogens is 2. The molecule has 0 saturated heterocycles. The Morgan fingerprint density at radius 3 is 2.62 bits per heavy atom. The van der Waals surface area contributed by atoms with Crippen molar-refractivity contribution in [2.75, 3.05) is 13.7 Å². The van der Waals surface area contributed by atoms with E-state index in [4.69, 9.17) is 9.47 Å². The molecule has 0 spiro atoms. The molecule has 0 N–H and O–H groups in total. The molecule has 0 fully saturated rings. The van der Waals surface area contributed by atoms with Crippen LogP contribution in [0.3, 0.4) is 0 Å². The van der Waals surface area contributed by atoms with Gasteiger partial charge in [0.25, 0.3) is 5.91 Å². The van der Waals surface area contributed by atoms with Crippen molar-refractivity contribution in [2.45, 2.75) is 19.5 Å². The second-order valence-corrected chi connectivity index (χ2v) is 10.2. The van der Waals surface area contributed by atoms with E-state index in [0.717, 1.165) is 23.2 Å². The van der Waals surface area contributed by atoms with Crippen LogP contribution < -0.4 is 14.9 Å². The molecular weight excluding hydrogens is 510 g/mol. The van der Waals surface area contributed by atoms with Crippen LogP contribution in [0.5, 0.6) is 11.5 Å². The zero-order valence-electron chi connectivity index (χ0n) is 21.9. The van der Waals surface area contributed by atoms with Crippen LogP contribution >= 0.6 is 11.3 Å². The number of aryl methyl sites for hydroxylation is 1. The molecule has 0 aliphatic heterocycles. The quantitative estimate of drug-likeness (QED) is 0.235. The highest BCUT2D eigenvalue weighted by atomic mass is 32.1. The number of thiophene rings is 1. The highest BCUT2D eigenvalue weighted by Gasteiger charge is 2.22. The van der Waals surface area contributed by atoms with E-state index in [1.807, 2.05) is 66.2 Å². The third-order valence-electron chi connectivity index (χ3n) is 6.48. The highest BCUT2D eigenvalue weighted by Crippen LogP contribution is 2.29. The molecule has 0 bridgehead atoms. The predicted octanol–water partition coefficient (Wildman–Crippen LogP) is 5.47. The first-order valence-corrected chi connectivity index (χ1v) is 13.5. The first kappa shape index (κ1) is 26.2. The molecule has 7 nitrogen and oxygen atoms in total. The summed E-state index contributed by atoms with van der Waals surface area (Å²) >= 11 is 1.70. The van der Waals surface area contributed by atoms with Crippen LogP contribution in [0.2, 0.25) is 0 Å². The maximum Gasteiger partial charge on any atom is 0.260 e. The van der Waals surface area contributed by atoms with Crippen molar-refractivity contribution in [2.24, 2.45) is 7.05 Å². The van der Waals surface area contributed by atoms with Crippen LogP contribution in [0.4, 0.5) is 0 Å². The number of para-hydroxylation sites is 1. The largest absolute Gasteiger partial charge is 0.493 e. The van der Waals surface area contributed by atoms with Gasteiger partial charge in [-0.1, -0.05) is 30.3 Å². The maximum absolute atomic E-state index is 13.9. The molecule has 0 unspecified atom stereocenters. The van der Waals surface area contributed by atoms with Crippen LogP contribution in [0.1, 0.15) is 26.5 Å². The predicted molar refractivity (Wildman–Crippen MR) is 154 cm³/mol. The number of fused-ring (bicyclic) bond motifs is 1. The maximum atomic E-state index is 13.9. The topological polar surface area (TPSA) is 73.7 Å². The van der Waals surface area contributed by atoms with E-state index in [2.05, 4.69) is 16.4 Å². The molecule has 2 aromatic carbocycles. The zero-order chi connectivity index (χ0) is 27.2. The number of ether oxygens (including phenoxy) is 2.